The van der Waals surface area contributed by atoms with Gasteiger partial charge in [-0.2, -0.15) is 0 Å². The SMILES string of the molecule is CC(C)NS(=O)(=O)c1ccc(NC(=O)N2CCCCC2)cc1. The van der Waals surface area contributed by atoms with E-state index in [9.17, 15) is 13.2 Å². The average Bonchev–Trinajstić information content (AvgIpc) is 2.47. The van der Waals surface area contributed by atoms with E-state index in [0.717, 1.165) is 25.9 Å². The third-order valence-electron chi connectivity index (χ3n) is 3.45. The first-order valence-electron chi connectivity index (χ1n) is 7.57. The standard InChI is InChI=1S/C15H23N3O3S/c1-12(2)17-22(20,21)14-8-6-13(7-9-14)16-15(19)18-10-4-3-5-11-18/h6-9,12,17H,3-5,10-11H2,1-2H3,(H,16,19). The van der Waals surface area contributed by atoms with Crippen LogP contribution in [0.3, 0.4) is 0 Å². The molecule has 1 heterocycles. The van der Waals surface area contributed by atoms with Crippen LogP contribution in [0.15, 0.2) is 29.2 Å². The molecular formula is C15H23N3O3S. The highest BCUT2D eigenvalue weighted by Crippen LogP contribution is 2.16. The summed E-state index contributed by atoms with van der Waals surface area (Å²) in [6.07, 6.45) is 3.23. The van der Waals surface area contributed by atoms with Crippen molar-refractivity contribution in [3.8, 4) is 0 Å². The molecule has 0 unspecified atom stereocenters. The first-order chi connectivity index (χ1) is 10.4. The molecule has 0 aromatic heterocycles. The Morgan fingerprint density at radius 2 is 1.68 bits per heavy atom. The monoisotopic (exact) mass is 325 g/mol. The van der Waals surface area contributed by atoms with Crippen LogP contribution in [-0.2, 0) is 10.0 Å². The van der Waals surface area contributed by atoms with Gasteiger partial charge in [0.05, 0.1) is 4.90 Å². The van der Waals surface area contributed by atoms with Gasteiger partial charge in [0.2, 0.25) is 10.0 Å². The minimum absolute atomic E-state index is 0.129. The van der Waals surface area contributed by atoms with E-state index in [1.165, 1.54) is 18.6 Å². The molecule has 2 amide bonds. The largest absolute Gasteiger partial charge is 0.325 e. The van der Waals surface area contributed by atoms with Gasteiger partial charge in [-0.3, -0.25) is 0 Å². The van der Waals surface area contributed by atoms with Crippen molar-refractivity contribution in [3.05, 3.63) is 24.3 Å². The summed E-state index contributed by atoms with van der Waals surface area (Å²) in [4.78, 5) is 14.1. The van der Waals surface area contributed by atoms with Crippen molar-refractivity contribution in [3.63, 3.8) is 0 Å². The maximum atomic E-state index is 12.1. The molecule has 0 saturated carbocycles. The van der Waals surface area contributed by atoms with Crippen molar-refractivity contribution in [2.75, 3.05) is 18.4 Å². The van der Waals surface area contributed by atoms with Crippen molar-refractivity contribution in [2.45, 2.75) is 44.0 Å². The third-order valence-corrected chi connectivity index (χ3v) is 5.12. The minimum atomic E-state index is -3.50. The lowest BCUT2D eigenvalue weighted by Crippen LogP contribution is -2.38. The van der Waals surface area contributed by atoms with Crippen LogP contribution in [0.25, 0.3) is 0 Å². The van der Waals surface area contributed by atoms with E-state index in [0.29, 0.717) is 5.69 Å². The van der Waals surface area contributed by atoms with Gasteiger partial charge in [-0.25, -0.2) is 17.9 Å². The van der Waals surface area contributed by atoms with Crippen molar-refractivity contribution >= 4 is 21.7 Å². The van der Waals surface area contributed by atoms with Crippen molar-refractivity contribution in [2.24, 2.45) is 0 Å². The molecule has 1 aliphatic heterocycles. The maximum Gasteiger partial charge on any atom is 0.321 e. The molecule has 0 radical (unpaired) electrons. The number of urea groups is 1. The van der Waals surface area contributed by atoms with Gasteiger partial charge in [-0.1, -0.05) is 0 Å². The van der Waals surface area contributed by atoms with Gasteiger partial charge in [0.15, 0.2) is 0 Å². The van der Waals surface area contributed by atoms with E-state index >= 15 is 0 Å². The number of amides is 2. The highest BCUT2D eigenvalue weighted by molar-refractivity contribution is 7.89. The van der Waals surface area contributed by atoms with Gasteiger partial charge >= 0.3 is 6.03 Å². The van der Waals surface area contributed by atoms with E-state index in [2.05, 4.69) is 10.0 Å². The molecular weight excluding hydrogens is 302 g/mol. The van der Waals surface area contributed by atoms with Crippen LogP contribution < -0.4 is 10.0 Å². The molecule has 2 N–H and O–H groups in total. The second-order valence-electron chi connectivity index (χ2n) is 5.78. The average molecular weight is 325 g/mol. The molecule has 0 aliphatic carbocycles. The zero-order chi connectivity index (χ0) is 16.2. The molecule has 0 bridgehead atoms. The molecule has 1 aromatic rings. The fourth-order valence-corrected chi connectivity index (χ4v) is 3.65. The van der Waals surface area contributed by atoms with Crippen LogP contribution in [-0.4, -0.2) is 38.5 Å². The Morgan fingerprint density at radius 1 is 1.09 bits per heavy atom. The molecule has 0 atom stereocenters. The number of nitrogens with zero attached hydrogens (tertiary/aromatic N) is 1. The molecule has 1 aliphatic rings. The van der Waals surface area contributed by atoms with Crippen LogP contribution >= 0.6 is 0 Å². The Bertz CT molecular complexity index is 605. The quantitative estimate of drug-likeness (QED) is 0.892. The summed E-state index contributed by atoms with van der Waals surface area (Å²) in [5.74, 6) is 0. The number of sulfonamides is 1. The van der Waals surface area contributed by atoms with Crippen LogP contribution in [0.5, 0.6) is 0 Å². The number of carbonyl (C=O) groups is 1. The highest BCUT2D eigenvalue weighted by atomic mass is 32.2. The van der Waals surface area contributed by atoms with E-state index in [1.807, 2.05) is 0 Å². The first kappa shape index (κ1) is 16.8. The highest BCUT2D eigenvalue weighted by Gasteiger charge is 2.18. The van der Waals surface area contributed by atoms with E-state index in [1.54, 1.807) is 30.9 Å². The molecule has 1 saturated heterocycles. The number of nitrogens with one attached hydrogen (secondary N) is 2. The van der Waals surface area contributed by atoms with Crippen LogP contribution in [0.1, 0.15) is 33.1 Å². The number of rotatable bonds is 4. The van der Waals surface area contributed by atoms with E-state index < -0.39 is 10.0 Å². The van der Waals surface area contributed by atoms with Gasteiger partial charge < -0.3 is 10.2 Å². The molecule has 122 valence electrons. The fourth-order valence-electron chi connectivity index (χ4n) is 2.40. The topological polar surface area (TPSA) is 78.5 Å². The van der Waals surface area contributed by atoms with Crippen LogP contribution in [0, 0.1) is 0 Å². The van der Waals surface area contributed by atoms with Crippen molar-refractivity contribution in [1.82, 2.24) is 9.62 Å². The predicted octanol–water partition coefficient (Wildman–Crippen LogP) is 2.39. The zero-order valence-electron chi connectivity index (χ0n) is 13.0. The van der Waals surface area contributed by atoms with Gasteiger partial charge in [0, 0.05) is 24.8 Å². The lowest BCUT2D eigenvalue weighted by atomic mass is 10.1. The van der Waals surface area contributed by atoms with Gasteiger partial charge in [-0.15, -0.1) is 0 Å². The molecule has 2 rings (SSSR count). The van der Waals surface area contributed by atoms with Crippen LogP contribution in [0.2, 0.25) is 0 Å². The normalized spacial score (nSPS) is 15.9. The summed E-state index contributed by atoms with van der Waals surface area (Å²) in [5, 5.41) is 2.80. The number of hydrogen-bond donors (Lipinski definition) is 2. The summed E-state index contributed by atoms with van der Waals surface area (Å²) in [5.41, 5.74) is 0.596. The Hall–Kier alpha value is -1.60. The lowest BCUT2D eigenvalue weighted by Gasteiger charge is -2.26. The smallest absolute Gasteiger partial charge is 0.321 e. The fraction of sp³-hybridized carbons (Fsp3) is 0.533. The van der Waals surface area contributed by atoms with Gasteiger partial charge in [0.1, 0.15) is 0 Å². The summed E-state index contributed by atoms with van der Waals surface area (Å²) in [6.45, 7) is 5.09. The number of anilines is 1. The van der Waals surface area contributed by atoms with Crippen molar-refractivity contribution < 1.29 is 13.2 Å². The molecule has 6 nitrogen and oxygen atoms in total. The minimum Gasteiger partial charge on any atom is -0.325 e. The first-order valence-corrected chi connectivity index (χ1v) is 9.05. The summed E-state index contributed by atoms with van der Waals surface area (Å²) in [6, 6.07) is 5.92. The van der Waals surface area contributed by atoms with Crippen molar-refractivity contribution in [1.29, 1.82) is 0 Å². The molecule has 0 spiro atoms. The second-order valence-corrected chi connectivity index (χ2v) is 7.49. The van der Waals surface area contributed by atoms with E-state index in [4.69, 9.17) is 0 Å². The Balaban J connectivity index is 2.01. The summed E-state index contributed by atoms with van der Waals surface area (Å²) < 4.78 is 26.6. The van der Waals surface area contributed by atoms with Gasteiger partial charge in [0.25, 0.3) is 0 Å². The number of hydrogen-bond acceptors (Lipinski definition) is 3. The lowest BCUT2D eigenvalue weighted by molar-refractivity contribution is 0.200. The predicted molar refractivity (Wildman–Crippen MR) is 86.3 cm³/mol. The molecule has 22 heavy (non-hydrogen) atoms. The van der Waals surface area contributed by atoms with E-state index in [-0.39, 0.29) is 17.0 Å². The maximum absolute atomic E-state index is 12.1. The van der Waals surface area contributed by atoms with Crippen LogP contribution in [0.4, 0.5) is 10.5 Å². The molecule has 1 fully saturated rings. The Morgan fingerprint density at radius 3 is 2.23 bits per heavy atom. The second kappa shape index (κ2) is 7.11. The Labute approximate surface area is 131 Å². The number of piperidine rings is 1. The molecule has 7 heteroatoms. The number of carbonyl (C=O) groups excluding carboxylic acids is 1. The Kier molecular flexibility index (Phi) is 5.42. The van der Waals surface area contributed by atoms with Gasteiger partial charge in [-0.05, 0) is 57.4 Å². The number of likely N-dealkylation sites (tertiary alicyclic amines) is 1. The number of benzene rings is 1. The molecule has 1 aromatic carbocycles. The third kappa shape index (κ3) is 4.45. The summed E-state index contributed by atoms with van der Waals surface area (Å²) in [7, 11) is -3.50. The zero-order valence-corrected chi connectivity index (χ0v) is 13.8. The summed E-state index contributed by atoms with van der Waals surface area (Å²) >= 11 is 0.